The maximum Gasteiger partial charge on any atom is 0.115 e. The van der Waals surface area contributed by atoms with Gasteiger partial charge in [0.25, 0.3) is 0 Å². The molecule has 0 aromatic carbocycles. The van der Waals surface area contributed by atoms with Crippen molar-refractivity contribution in [2.75, 3.05) is 19.7 Å². The average molecular weight is 343 g/mol. The van der Waals surface area contributed by atoms with Crippen LogP contribution in [0, 0.1) is 6.92 Å². The predicted octanol–water partition coefficient (Wildman–Crippen LogP) is 2.68. The van der Waals surface area contributed by atoms with Gasteiger partial charge in [-0.25, -0.2) is 15.0 Å². The topological polar surface area (TPSA) is 66.9 Å². The Bertz CT molecular complexity index is 657. The van der Waals surface area contributed by atoms with Crippen molar-refractivity contribution in [3.05, 3.63) is 41.5 Å². The minimum absolute atomic E-state index is 0.270. The predicted molar refractivity (Wildman–Crippen MR) is 97.3 cm³/mol. The third-order valence-corrected chi connectivity index (χ3v) is 4.65. The van der Waals surface area contributed by atoms with Crippen LogP contribution in [0.1, 0.15) is 49.1 Å². The van der Waals surface area contributed by atoms with E-state index >= 15 is 0 Å². The Kier molecular flexibility index (Phi) is 6.53. The van der Waals surface area contributed by atoms with Gasteiger partial charge in [-0.3, -0.25) is 4.90 Å². The van der Waals surface area contributed by atoms with Crippen molar-refractivity contribution in [2.45, 2.75) is 58.6 Å². The lowest BCUT2D eigenvalue weighted by Crippen LogP contribution is -2.42. The van der Waals surface area contributed by atoms with Crippen molar-refractivity contribution in [3.8, 4) is 0 Å². The number of rotatable bonds is 8. The zero-order chi connectivity index (χ0) is 17.5. The number of aryl methyl sites for hydroxylation is 3. The number of H-pyrrole nitrogens is 1. The second-order valence-corrected chi connectivity index (χ2v) is 6.88. The van der Waals surface area contributed by atoms with Crippen molar-refractivity contribution in [1.29, 1.82) is 0 Å². The van der Waals surface area contributed by atoms with Gasteiger partial charge in [0.15, 0.2) is 0 Å². The van der Waals surface area contributed by atoms with Gasteiger partial charge in [-0.2, -0.15) is 0 Å². The van der Waals surface area contributed by atoms with E-state index in [2.05, 4.69) is 37.8 Å². The summed E-state index contributed by atoms with van der Waals surface area (Å²) in [6, 6.07) is 2.06. The second kappa shape index (κ2) is 9.06. The van der Waals surface area contributed by atoms with E-state index in [-0.39, 0.29) is 6.10 Å². The quantitative estimate of drug-likeness (QED) is 0.798. The Morgan fingerprint density at radius 1 is 1.28 bits per heavy atom. The van der Waals surface area contributed by atoms with E-state index in [9.17, 15) is 0 Å². The third kappa shape index (κ3) is 5.61. The highest BCUT2D eigenvalue weighted by Gasteiger charge is 2.21. The molecule has 6 nitrogen and oxygen atoms in total. The Hall–Kier alpha value is -1.79. The average Bonchev–Trinajstić information content (AvgIpc) is 3.06. The summed E-state index contributed by atoms with van der Waals surface area (Å²) in [7, 11) is 0. The third-order valence-electron chi connectivity index (χ3n) is 4.65. The molecular weight excluding hydrogens is 314 g/mol. The Morgan fingerprint density at radius 3 is 3.04 bits per heavy atom. The molecule has 1 atom stereocenters. The molecule has 1 aliphatic rings. The van der Waals surface area contributed by atoms with Gasteiger partial charge in [-0.05, 0) is 32.3 Å². The van der Waals surface area contributed by atoms with Gasteiger partial charge in [-0.1, -0.05) is 13.3 Å². The maximum absolute atomic E-state index is 5.95. The molecule has 0 amide bonds. The SMILES string of the molecule is CCCCc1ncc(CN2CCOC(CCc3cc(C)ncn3)C2)[nH]1. The smallest absolute Gasteiger partial charge is 0.115 e. The molecule has 1 fully saturated rings. The number of aromatic nitrogens is 4. The molecule has 2 aromatic rings. The number of ether oxygens (including phenoxy) is 1. The standard InChI is InChI=1S/C19H29N5O/c1-3-4-5-19-20-11-17(23-19)12-24-8-9-25-18(13-24)7-6-16-10-15(2)21-14-22-16/h10-11,14,18H,3-9,12-13H2,1-2H3,(H,20,23). The van der Waals surface area contributed by atoms with Crippen LogP contribution >= 0.6 is 0 Å². The van der Waals surface area contributed by atoms with E-state index in [0.29, 0.717) is 0 Å². The lowest BCUT2D eigenvalue weighted by molar-refractivity contribution is -0.0349. The zero-order valence-electron chi connectivity index (χ0n) is 15.4. The lowest BCUT2D eigenvalue weighted by atomic mass is 10.1. The Labute approximate surface area is 150 Å². The highest BCUT2D eigenvalue weighted by Crippen LogP contribution is 2.14. The monoisotopic (exact) mass is 343 g/mol. The zero-order valence-corrected chi connectivity index (χ0v) is 15.4. The van der Waals surface area contributed by atoms with Gasteiger partial charge in [0.2, 0.25) is 0 Å². The summed E-state index contributed by atoms with van der Waals surface area (Å²) in [6.07, 6.45) is 9.27. The highest BCUT2D eigenvalue weighted by atomic mass is 16.5. The largest absolute Gasteiger partial charge is 0.376 e. The van der Waals surface area contributed by atoms with E-state index in [1.165, 1.54) is 18.5 Å². The summed E-state index contributed by atoms with van der Waals surface area (Å²) in [5.74, 6) is 1.11. The van der Waals surface area contributed by atoms with Crippen LogP contribution in [-0.2, 0) is 24.1 Å². The first-order valence-electron chi connectivity index (χ1n) is 9.37. The van der Waals surface area contributed by atoms with Crippen molar-refractivity contribution in [3.63, 3.8) is 0 Å². The van der Waals surface area contributed by atoms with Gasteiger partial charge in [0, 0.05) is 49.3 Å². The van der Waals surface area contributed by atoms with Gasteiger partial charge < -0.3 is 9.72 Å². The molecule has 1 saturated heterocycles. The van der Waals surface area contributed by atoms with Crippen LogP contribution in [0.2, 0.25) is 0 Å². The van der Waals surface area contributed by atoms with E-state index < -0.39 is 0 Å². The molecule has 0 bridgehead atoms. The molecule has 136 valence electrons. The number of imidazole rings is 1. The summed E-state index contributed by atoms with van der Waals surface area (Å²) in [5.41, 5.74) is 3.33. The van der Waals surface area contributed by atoms with Crippen LogP contribution in [-0.4, -0.2) is 50.6 Å². The van der Waals surface area contributed by atoms with Gasteiger partial charge >= 0.3 is 0 Å². The lowest BCUT2D eigenvalue weighted by Gasteiger charge is -2.32. The molecule has 3 heterocycles. The van der Waals surface area contributed by atoms with Gasteiger partial charge in [0.1, 0.15) is 12.2 Å². The normalized spacial score (nSPS) is 18.6. The van der Waals surface area contributed by atoms with Gasteiger partial charge in [0.05, 0.1) is 12.7 Å². The maximum atomic E-state index is 5.95. The van der Waals surface area contributed by atoms with E-state index in [1.54, 1.807) is 6.33 Å². The van der Waals surface area contributed by atoms with Crippen LogP contribution in [0.3, 0.4) is 0 Å². The van der Waals surface area contributed by atoms with Crippen molar-refractivity contribution in [1.82, 2.24) is 24.8 Å². The van der Waals surface area contributed by atoms with E-state index in [0.717, 1.165) is 62.7 Å². The number of morpholine rings is 1. The first-order chi connectivity index (χ1) is 12.2. The van der Waals surface area contributed by atoms with Crippen molar-refractivity contribution in [2.24, 2.45) is 0 Å². The minimum Gasteiger partial charge on any atom is -0.376 e. The molecule has 3 rings (SSSR count). The van der Waals surface area contributed by atoms with Crippen LogP contribution in [0.5, 0.6) is 0 Å². The first-order valence-corrected chi connectivity index (χ1v) is 9.37. The molecule has 0 aliphatic carbocycles. The summed E-state index contributed by atoms with van der Waals surface area (Å²) in [4.78, 5) is 18.9. The number of nitrogens with one attached hydrogen (secondary N) is 1. The Balaban J connectivity index is 1.46. The minimum atomic E-state index is 0.270. The fourth-order valence-corrected chi connectivity index (χ4v) is 3.25. The fourth-order valence-electron chi connectivity index (χ4n) is 3.25. The van der Waals surface area contributed by atoms with Crippen molar-refractivity contribution < 1.29 is 4.74 Å². The number of nitrogens with zero attached hydrogens (tertiary/aromatic N) is 4. The van der Waals surface area contributed by atoms with Gasteiger partial charge in [-0.15, -0.1) is 0 Å². The summed E-state index contributed by atoms with van der Waals surface area (Å²) in [5, 5.41) is 0. The van der Waals surface area contributed by atoms with Crippen molar-refractivity contribution >= 4 is 0 Å². The molecule has 0 saturated carbocycles. The highest BCUT2D eigenvalue weighted by molar-refractivity contribution is 5.06. The molecule has 1 N–H and O–H groups in total. The van der Waals surface area contributed by atoms with Crippen LogP contribution in [0.4, 0.5) is 0 Å². The molecule has 6 heteroatoms. The number of aromatic amines is 1. The molecular formula is C19H29N5O. The summed E-state index contributed by atoms with van der Waals surface area (Å²) >= 11 is 0. The number of hydrogen-bond donors (Lipinski definition) is 1. The number of unbranched alkanes of at least 4 members (excludes halogenated alkanes) is 1. The molecule has 1 unspecified atom stereocenters. The molecule has 0 radical (unpaired) electrons. The number of hydrogen-bond acceptors (Lipinski definition) is 5. The fraction of sp³-hybridized carbons (Fsp3) is 0.632. The van der Waals surface area contributed by atoms with Crippen LogP contribution in [0.15, 0.2) is 18.6 Å². The molecule has 1 aliphatic heterocycles. The van der Waals surface area contributed by atoms with Crippen LogP contribution in [0.25, 0.3) is 0 Å². The van der Waals surface area contributed by atoms with E-state index in [4.69, 9.17) is 4.74 Å². The summed E-state index contributed by atoms with van der Waals surface area (Å²) < 4.78 is 5.95. The van der Waals surface area contributed by atoms with E-state index in [1.807, 2.05) is 13.1 Å². The molecule has 0 spiro atoms. The Morgan fingerprint density at radius 2 is 2.20 bits per heavy atom. The molecule has 25 heavy (non-hydrogen) atoms. The van der Waals surface area contributed by atoms with Crippen LogP contribution < -0.4 is 0 Å². The molecule has 2 aromatic heterocycles. The second-order valence-electron chi connectivity index (χ2n) is 6.88. The summed E-state index contributed by atoms with van der Waals surface area (Å²) in [6.45, 7) is 7.87. The first kappa shape index (κ1) is 18.0.